The van der Waals surface area contributed by atoms with Gasteiger partial charge >= 0.3 is 6.09 Å². The molecule has 76 valence electrons. The maximum absolute atomic E-state index is 11.3. The Morgan fingerprint density at radius 2 is 1.67 bits per heavy atom. The van der Waals surface area contributed by atoms with E-state index in [4.69, 9.17) is 0 Å². The summed E-state index contributed by atoms with van der Waals surface area (Å²) in [6, 6.07) is 7.92. The van der Waals surface area contributed by atoms with E-state index < -0.39 is 6.09 Å². The number of carbonyl (C=O) groups excluding carboxylic acids is 1. The fraction of sp³-hybridized carbons (Fsp3) is 0.0833. The second kappa shape index (κ2) is 4.00. The Labute approximate surface area is 88.3 Å². The topological polar surface area (TPSA) is 29.5 Å². The maximum atomic E-state index is 11.3. The van der Waals surface area contributed by atoms with Gasteiger partial charge in [-0.15, -0.1) is 0 Å². The minimum atomic E-state index is -0.393. The van der Waals surface area contributed by atoms with E-state index in [9.17, 15) is 4.79 Å². The average molecular weight is 201 g/mol. The monoisotopic (exact) mass is 201 g/mol. The quantitative estimate of drug-likeness (QED) is 0.645. The number of amides is 1. The number of methoxy groups -OCH3 is 1. The summed E-state index contributed by atoms with van der Waals surface area (Å²) in [6.07, 6.45) is 6.75. The predicted molar refractivity (Wildman–Crippen MR) is 58.8 cm³/mol. The Bertz CT molecular complexity index is 402. The first-order chi connectivity index (χ1) is 7.31. The third-order valence-electron chi connectivity index (χ3n) is 2.21. The van der Waals surface area contributed by atoms with Crippen molar-refractivity contribution in [3.05, 3.63) is 47.8 Å². The fourth-order valence-electron chi connectivity index (χ4n) is 1.41. The maximum Gasteiger partial charge on any atom is 0.417 e. The van der Waals surface area contributed by atoms with Crippen molar-refractivity contribution < 1.29 is 9.53 Å². The predicted octanol–water partition coefficient (Wildman–Crippen LogP) is 2.71. The number of nitrogens with zero attached hydrogens (tertiary/aromatic N) is 1. The highest BCUT2D eigenvalue weighted by Crippen LogP contribution is 2.17. The van der Waals surface area contributed by atoms with Crippen LogP contribution in [0.25, 0.3) is 12.2 Å². The van der Waals surface area contributed by atoms with Crippen molar-refractivity contribution in [1.82, 2.24) is 4.90 Å². The lowest BCUT2D eigenvalue weighted by atomic mass is 10.1. The van der Waals surface area contributed by atoms with Crippen LogP contribution in [0.3, 0.4) is 0 Å². The number of ether oxygens (including phenoxy) is 1. The third-order valence-corrected chi connectivity index (χ3v) is 2.21. The fourth-order valence-corrected chi connectivity index (χ4v) is 1.41. The molecule has 0 N–H and O–H groups in total. The van der Waals surface area contributed by atoms with E-state index in [2.05, 4.69) is 4.74 Å². The van der Waals surface area contributed by atoms with Crippen molar-refractivity contribution in [3.8, 4) is 0 Å². The normalized spacial score (nSPS) is 13.3. The Morgan fingerprint density at radius 3 is 2.13 bits per heavy atom. The summed E-state index contributed by atoms with van der Waals surface area (Å²) in [5.74, 6) is 0. The van der Waals surface area contributed by atoms with Gasteiger partial charge in [0, 0.05) is 12.4 Å². The van der Waals surface area contributed by atoms with Crippen LogP contribution in [0.4, 0.5) is 4.79 Å². The molecule has 0 atom stereocenters. The second-order valence-corrected chi connectivity index (χ2v) is 3.14. The molecule has 1 aliphatic rings. The standard InChI is InChI=1S/C12H11NO2/c1-15-12(14)13-8-6-10-4-2-3-5-11(10)7-9-13/h2-9H,1H3. The zero-order chi connectivity index (χ0) is 10.7. The van der Waals surface area contributed by atoms with Crippen LogP contribution >= 0.6 is 0 Å². The lowest BCUT2D eigenvalue weighted by Gasteiger charge is -2.09. The van der Waals surface area contributed by atoms with Crippen LogP contribution in [0.5, 0.6) is 0 Å². The Hall–Kier alpha value is -2.03. The van der Waals surface area contributed by atoms with Crippen molar-refractivity contribution >= 4 is 18.2 Å². The van der Waals surface area contributed by atoms with Crippen LogP contribution < -0.4 is 0 Å². The number of hydrogen-bond donors (Lipinski definition) is 0. The van der Waals surface area contributed by atoms with E-state index in [1.54, 1.807) is 12.4 Å². The number of rotatable bonds is 0. The summed E-state index contributed by atoms with van der Waals surface area (Å²) in [5, 5.41) is 0. The summed E-state index contributed by atoms with van der Waals surface area (Å²) < 4.78 is 4.63. The molecular formula is C12H11NO2. The summed E-state index contributed by atoms with van der Waals surface area (Å²) in [7, 11) is 1.36. The third kappa shape index (κ3) is 1.91. The summed E-state index contributed by atoms with van der Waals surface area (Å²) in [6.45, 7) is 0. The first-order valence-corrected chi connectivity index (χ1v) is 4.63. The van der Waals surface area contributed by atoms with Gasteiger partial charge in [0.05, 0.1) is 7.11 Å². The van der Waals surface area contributed by atoms with Crippen LogP contribution in [-0.4, -0.2) is 18.1 Å². The minimum absolute atomic E-state index is 0.393. The Balaban J connectivity index is 2.34. The Kier molecular flexibility index (Phi) is 2.54. The number of carbonyl (C=O) groups is 1. The van der Waals surface area contributed by atoms with E-state index in [0.29, 0.717) is 0 Å². The first-order valence-electron chi connectivity index (χ1n) is 4.63. The molecule has 3 nitrogen and oxygen atoms in total. The van der Waals surface area contributed by atoms with Crippen LogP contribution in [-0.2, 0) is 4.74 Å². The highest BCUT2D eigenvalue weighted by Gasteiger charge is 2.09. The number of hydrogen-bond acceptors (Lipinski definition) is 2. The first kappa shape index (κ1) is 9.52. The van der Waals surface area contributed by atoms with Gasteiger partial charge < -0.3 is 4.74 Å². The van der Waals surface area contributed by atoms with Crippen molar-refractivity contribution in [1.29, 1.82) is 0 Å². The van der Waals surface area contributed by atoms with Crippen molar-refractivity contribution in [2.45, 2.75) is 0 Å². The SMILES string of the molecule is COC(=O)N1C=Cc2ccccc2C=C1. The average Bonchev–Trinajstić information content (AvgIpc) is 2.50. The summed E-state index contributed by atoms with van der Waals surface area (Å²) in [4.78, 5) is 12.7. The van der Waals surface area contributed by atoms with Gasteiger partial charge in [-0.1, -0.05) is 24.3 Å². The molecule has 1 heterocycles. The molecule has 2 rings (SSSR count). The van der Waals surface area contributed by atoms with Gasteiger partial charge in [-0.3, -0.25) is 4.90 Å². The lowest BCUT2D eigenvalue weighted by molar-refractivity contribution is 0.152. The van der Waals surface area contributed by atoms with Crippen molar-refractivity contribution in [2.75, 3.05) is 7.11 Å². The van der Waals surface area contributed by atoms with E-state index in [1.807, 2.05) is 36.4 Å². The molecule has 0 bridgehead atoms. The van der Waals surface area contributed by atoms with Gasteiger partial charge in [0.15, 0.2) is 0 Å². The highest BCUT2D eigenvalue weighted by atomic mass is 16.5. The van der Waals surface area contributed by atoms with E-state index in [-0.39, 0.29) is 0 Å². The smallest absolute Gasteiger partial charge is 0.417 e. The molecule has 3 heteroatoms. The molecule has 15 heavy (non-hydrogen) atoms. The molecule has 1 aromatic carbocycles. The molecule has 0 aromatic heterocycles. The number of fused-ring (bicyclic) bond motifs is 1. The molecule has 0 saturated carbocycles. The van der Waals surface area contributed by atoms with E-state index >= 15 is 0 Å². The minimum Gasteiger partial charge on any atom is -0.452 e. The zero-order valence-corrected chi connectivity index (χ0v) is 8.38. The van der Waals surface area contributed by atoms with Gasteiger partial charge in [0.2, 0.25) is 0 Å². The highest BCUT2D eigenvalue weighted by molar-refractivity contribution is 5.76. The Morgan fingerprint density at radius 1 is 1.13 bits per heavy atom. The largest absolute Gasteiger partial charge is 0.452 e. The van der Waals surface area contributed by atoms with Crippen molar-refractivity contribution in [3.63, 3.8) is 0 Å². The van der Waals surface area contributed by atoms with Crippen LogP contribution in [0, 0.1) is 0 Å². The van der Waals surface area contributed by atoms with Gasteiger partial charge in [0.1, 0.15) is 0 Å². The van der Waals surface area contributed by atoms with Gasteiger partial charge in [-0.2, -0.15) is 0 Å². The molecule has 0 aliphatic carbocycles. The zero-order valence-electron chi connectivity index (χ0n) is 8.38. The number of benzene rings is 1. The van der Waals surface area contributed by atoms with E-state index in [1.165, 1.54) is 12.0 Å². The van der Waals surface area contributed by atoms with E-state index in [0.717, 1.165) is 11.1 Å². The molecule has 0 unspecified atom stereocenters. The summed E-state index contributed by atoms with van der Waals surface area (Å²) >= 11 is 0. The molecular weight excluding hydrogens is 190 g/mol. The van der Waals surface area contributed by atoms with Gasteiger partial charge in [-0.25, -0.2) is 4.79 Å². The molecule has 0 radical (unpaired) electrons. The molecule has 1 amide bonds. The molecule has 0 saturated heterocycles. The van der Waals surface area contributed by atoms with Crippen LogP contribution in [0.2, 0.25) is 0 Å². The molecule has 1 aliphatic heterocycles. The van der Waals surface area contributed by atoms with Crippen LogP contribution in [0.1, 0.15) is 11.1 Å². The van der Waals surface area contributed by atoms with Crippen molar-refractivity contribution in [2.24, 2.45) is 0 Å². The molecule has 1 aromatic rings. The lowest BCUT2D eigenvalue weighted by Crippen LogP contribution is -2.18. The van der Waals surface area contributed by atoms with Crippen LogP contribution in [0.15, 0.2) is 36.7 Å². The molecule has 0 fully saturated rings. The van der Waals surface area contributed by atoms with Gasteiger partial charge in [-0.05, 0) is 23.3 Å². The second-order valence-electron chi connectivity index (χ2n) is 3.14. The summed E-state index contributed by atoms with van der Waals surface area (Å²) in [5.41, 5.74) is 2.17. The molecule has 0 spiro atoms. The van der Waals surface area contributed by atoms with Gasteiger partial charge in [0.25, 0.3) is 0 Å².